The number of hydrogen-bond acceptors (Lipinski definition) is 1. The summed E-state index contributed by atoms with van der Waals surface area (Å²) >= 11 is 0. The Labute approximate surface area is 119 Å². The summed E-state index contributed by atoms with van der Waals surface area (Å²) in [5, 5.41) is 3.58. The lowest BCUT2D eigenvalue weighted by Crippen LogP contribution is -2.34. The Morgan fingerprint density at radius 1 is 1.05 bits per heavy atom. The molecule has 1 aliphatic rings. The molecule has 1 saturated carbocycles. The van der Waals surface area contributed by atoms with Gasteiger partial charge in [-0.15, -0.1) is 0 Å². The predicted octanol–water partition coefficient (Wildman–Crippen LogP) is 4.80. The molecule has 0 radical (unpaired) electrons. The summed E-state index contributed by atoms with van der Waals surface area (Å²) in [6, 6.07) is 14.1. The fourth-order valence-electron chi connectivity index (χ4n) is 2.91. The number of rotatable bonds is 3. The molecular formula is C18H20FN. The van der Waals surface area contributed by atoms with Crippen LogP contribution in [0.15, 0.2) is 42.5 Å². The first-order chi connectivity index (χ1) is 9.63. The topological polar surface area (TPSA) is 12.0 Å². The highest BCUT2D eigenvalue weighted by atomic mass is 19.1. The average Bonchev–Trinajstić information content (AvgIpc) is 2.38. The fourth-order valence-corrected chi connectivity index (χ4v) is 2.91. The molecule has 20 heavy (non-hydrogen) atoms. The highest BCUT2D eigenvalue weighted by molar-refractivity contribution is 5.53. The molecule has 0 heterocycles. The Morgan fingerprint density at radius 2 is 1.80 bits per heavy atom. The van der Waals surface area contributed by atoms with Crippen molar-refractivity contribution in [2.75, 3.05) is 5.32 Å². The molecule has 0 saturated heterocycles. The lowest BCUT2D eigenvalue weighted by atomic mass is 9.75. The molecule has 3 rings (SSSR count). The first-order valence-corrected chi connectivity index (χ1v) is 7.21. The smallest absolute Gasteiger partial charge is 0.126 e. The number of benzene rings is 2. The molecule has 2 aromatic carbocycles. The van der Waals surface area contributed by atoms with Gasteiger partial charge < -0.3 is 5.32 Å². The van der Waals surface area contributed by atoms with E-state index in [1.54, 1.807) is 12.1 Å². The lowest BCUT2D eigenvalue weighted by Gasteiger charge is -2.37. The second-order valence-corrected chi connectivity index (χ2v) is 5.85. The normalized spacial score (nSPS) is 21.4. The zero-order valence-corrected chi connectivity index (χ0v) is 12.0. The Bertz CT molecular complexity index is 615. The van der Waals surface area contributed by atoms with E-state index >= 15 is 0 Å². The summed E-state index contributed by atoms with van der Waals surface area (Å²) in [5.74, 6) is 0.293. The average molecular weight is 269 g/mol. The molecule has 1 fully saturated rings. The fraction of sp³-hybridized carbons (Fsp3) is 0.333. The van der Waals surface area contributed by atoms with Gasteiger partial charge in [-0.1, -0.05) is 30.3 Å². The standard InChI is InChI=1S/C18H20FN/c1-12-7-8-13(2)18(9-12)20-15-10-14(11-15)16-5-3-4-6-17(16)19/h3-9,14-15,20H,10-11H2,1-2H3. The summed E-state index contributed by atoms with van der Waals surface area (Å²) in [4.78, 5) is 0. The third-order valence-electron chi connectivity index (χ3n) is 4.24. The first-order valence-electron chi connectivity index (χ1n) is 7.21. The molecule has 0 unspecified atom stereocenters. The largest absolute Gasteiger partial charge is 0.382 e. The Balaban J connectivity index is 1.64. The first kappa shape index (κ1) is 13.2. The van der Waals surface area contributed by atoms with Gasteiger partial charge in [0.2, 0.25) is 0 Å². The molecule has 0 aromatic heterocycles. The van der Waals surface area contributed by atoms with E-state index in [0.29, 0.717) is 12.0 Å². The molecule has 0 amide bonds. The number of nitrogens with one attached hydrogen (secondary N) is 1. The molecule has 1 aliphatic carbocycles. The van der Waals surface area contributed by atoms with Crippen LogP contribution in [0.4, 0.5) is 10.1 Å². The molecule has 0 aliphatic heterocycles. The Morgan fingerprint density at radius 3 is 2.55 bits per heavy atom. The summed E-state index contributed by atoms with van der Waals surface area (Å²) in [6.07, 6.45) is 2.02. The zero-order chi connectivity index (χ0) is 14.1. The van der Waals surface area contributed by atoms with Crippen LogP contribution in [0.25, 0.3) is 0 Å². The van der Waals surface area contributed by atoms with Crippen LogP contribution >= 0.6 is 0 Å². The maximum absolute atomic E-state index is 13.7. The van der Waals surface area contributed by atoms with Crippen molar-refractivity contribution in [2.24, 2.45) is 0 Å². The minimum absolute atomic E-state index is 0.0670. The molecular weight excluding hydrogens is 249 g/mol. The SMILES string of the molecule is Cc1ccc(C)c(NC2CC(c3ccccc3F)C2)c1. The van der Waals surface area contributed by atoms with Gasteiger partial charge in [0.15, 0.2) is 0 Å². The maximum atomic E-state index is 13.7. The van der Waals surface area contributed by atoms with E-state index in [1.807, 2.05) is 12.1 Å². The maximum Gasteiger partial charge on any atom is 0.126 e. The van der Waals surface area contributed by atoms with Crippen LogP contribution in [0.1, 0.15) is 35.4 Å². The van der Waals surface area contributed by atoms with E-state index in [9.17, 15) is 4.39 Å². The number of anilines is 1. The quantitative estimate of drug-likeness (QED) is 0.844. The van der Waals surface area contributed by atoms with Gasteiger partial charge in [-0.2, -0.15) is 0 Å². The van der Waals surface area contributed by atoms with Crippen molar-refractivity contribution >= 4 is 5.69 Å². The molecule has 2 aromatic rings. The summed E-state index contributed by atoms with van der Waals surface area (Å²) in [6.45, 7) is 4.22. The van der Waals surface area contributed by atoms with E-state index in [0.717, 1.165) is 18.4 Å². The zero-order valence-electron chi connectivity index (χ0n) is 12.0. The van der Waals surface area contributed by atoms with Crippen molar-refractivity contribution in [3.8, 4) is 0 Å². The Hall–Kier alpha value is -1.83. The van der Waals surface area contributed by atoms with Crippen LogP contribution in [0.2, 0.25) is 0 Å². The van der Waals surface area contributed by atoms with Crippen LogP contribution in [-0.2, 0) is 0 Å². The van der Waals surface area contributed by atoms with Gasteiger partial charge in [0.05, 0.1) is 0 Å². The third-order valence-corrected chi connectivity index (χ3v) is 4.24. The van der Waals surface area contributed by atoms with E-state index in [4.69, 9.17) is 0 Å². The molecule has 0 atom stereocenters. The second kappa shape index (κ2) is 5.28. The van der Waals surface area contributed by atoms with Gasteiger partial charge in [0, 0.05) is 11.7 Å². The highest BCUT2D eigenvalue weighted by Gasteiger charge is 2.31. The van der Waals surface area contributed by atoms with Crippen molar-refractivity contribution in [2.45, 2.75) is 38.6 Å². The number of aryl methyl sites for hydroxylation is 2. The summed E-state index contributed by atoms with van der Waals surface area (Å²) < 4.78 is 13.7. The molecule has 0 bridgehead atoms. The van der Waals surface area contributed by atoms with Crippen molar-refractivity contribution < 1.29 is 4.39 Å². The van der Waals surface area contributed by atoms with E-state index in [2.05, 4.69) is 37.4 Å². The Kier molecular flexibility index (Phi) is 3.47. The lowest BCUT2D eigenvalue weighted by molar-refractivity contribution is 0.363. The van der Waals surface area contributed by atoms with Crippen molar-refractivity contribution in [1.29, 1.82) is 0 Å². The predicted molar refractivity (Wildman–Crippen MR) is 81.7 cm³/mol. The second-order valence-electron chi connectivity index (χ2n) is 5.85. The molecule has 1 N–H and O–H groups in total. The van der Waals surface area contributed by atoms with Crippen LogP contribution in [0.5, 0.6) is 0 Å². The molecule has 104 valence electrons. The summed E-state index contributed by atoms with van der Waals surface area (Å²) in [7, 11) is 0. The van der Waals surface area contributed by atoms with Crippen LogP contribution < -0.4 is 5.32 Å². The summed E-state index contributed by atoms with van der Waals surface area (Å²) in [5.41, 5.74) is 4.61. The van der Waals surface area contributed by atoms with Gasteiger partial charge in [-0.3, -0.25) is 0 Å². The van der Waals surface area contributed by atoms with Crippen molar-refractivity contribution in [3.63, 3.8) is 0 Å². The number of halogens is 1. The van der Waals surface area contributed by atoms with Crippen molar-refractivity contribution in [1.82, 2.24) is 0 Å². The van der Waals surface area contributed by atoms with Gasteiger partial charge in [-0.25, -0.2) is 4.39 Å². The molecule has 0 spiro atoms. The van der Waals surface area contributed by atoms with Gasteiger partial charge >= 0.3 is 0 Å². The monoisotopic (exact) mass is 269 g/mol. The third kappa shape index (κ3) is 2.55. The van der Waals surface area contributed by atoms with Gasteiger partial charge in [-0.05, 0) is 61.4 Å². The molecule has 1 nitrogen and oxygen atoms in total. The van der Waals surface area contributed by atoms with Gasteiger partial charge in [0.1, 0.15) is 5.82 Å². The van der Waals surface area contributed by atoms with E-state index in [1.165, 1.54) is 16.8 Å². The highest BCUT2D eigenvalue weighted by Crippen LogP contribution is 2.39. The van der Waals surface area contributed by atoms with Crippen LogP contribution in [-0.4, -0.2) is 6.04 Å². The molecule has 2 heteroatoms. The number of hydrogen-bond donors (Lipinski definition) is 1. The van der Waals surface area contributed by atoms with E-state index in [-0.39, 0.29) is 5.82 Å². The van der Waals surface area contributed by atoms with Crippen molar-refractivity contribution in [3.05, 3.63) is 65.0 Å². The van der Waals surface area contributed by atoms with E-state index < -0.39 is 0 Å². The van der Waals surface area contributed by atoms with Crippen LogP contribution in [0, 0.1) is 19.7 Å². The minimum Gasteiger partial charge on any atom is -0.382 e. The van der Waals surface area contributed by atoms with Crippen LogP contribution in [0.3, 0.4) is 0 Å². The van der Waals surface area contributed by atoms with Gasteiger partial charge in [0.25, 0.3) is 0 Å². The minimum atomic E-state index is -0.0670.